The molecule has 3 nitrogen and oxygen atoms in total. The van der Waals surface area contributed by atoms with Crippen LogP contribution in [0.2, 0.25) is 0 Å². The van der Waals surface area contributed by atoms with Crippen molar-refractivity contribution in [2.75, 3.05) is 18.1 Å². The number of aromatic nitrogens is 1. The first-order valence-corrected chi connectivity index (χ1v) is 6.55. The largest absolute Gasteiger partial charge is 0.487 e. The highest BCUT2D eigenvalue weighted by Gasteiger charge is 2.37. The van der Waals surface area contributed by atoms with Crippen LogP contribution in [0.3, 0.4) is 0 Å². The molecule has 0 spiro atoms. The molecule has 3 heterocycles. The van der Waals surface area contributed by atoms with Crippen molar-refractivity contribution in [3.8, 4) is 5.75 Å². The second-order valence-corrected chi connectivity index (χ2v) is 5.67. The summed E-state index contributed by atoms with van der Waals surface area (Å²) >= 11 is 0. The van der Waals surface area contributed by atoms with Gasteiger partial charge in [0.1, 0.15) is 6.61 Å². The quantitative estimate of drug-likeness (QED) is 0.744. The Hall–Kier alpha value is -1.25. The fraction of sp³-hybridized carbons (Fsp3) is 0.643. The second-order valence-electron chi connectivity index (χ2n) is 5.67. The molecule has 0 radical (unpaired) electrons. The Bertz CT molecular complexity index is 430. The zero-order valence-electron chi connectivity index (χ0n) is 10.8. The van der Waals surface area contributed by atoms with E-state index in [9.17, 15) is 0 Å². The maximum absolute atomic E-state index is 5.97. The molecule has 0 bridgehead atoms. The van der Waals surface area contributed by atoms with Crippen molar-refractivity contribution in [3.63, 3.8) is 0 Å². The Morgan fingerprint density at radius 1 is 1.47 bits per heavy atom. The summed E-state index contributed by atoms with van der Waals surface area (Å²) in [5.41, 5.74) is 1.29. The summed E-state index contributed by atoms with van der Waals surface area (Å²) in [6, 6.07) is 2.62. The Morgan fingerprint density at radius 3 is 3.06 bits per heavy atom. The van der Waals surface area contributed by atoms with Crippen LogP contribution in [0.25, 0.3) is 0 Å². The second kappa shape index (κ2) is 3.90. The summed E-state index contributed by atoms with van der Waals surface area (Å²) in [6.07, 6.45) is 3.15. The minimum absolute atomic E-state index is 0.489. The molecule has 0 aliphatic carbocycles. The lowest BCUT2D eigenvalue weighted by Gasteiger charge is -2.33. The van der Waals surface area contributed by atoms with Gasteiger partial charge in [-0.25, -0.2) is 4.98 Å². The zero-order valence-corrected chi connectivity index (χ0v) is 10.8. The van der Waals surface area contributed by atoms with Crippen molar-refractivity contribution >= 4 is 5.82 Å². The maximum atomic E-state index is 5.97. The molecule has 0 N–H and O–H groups in total. The topological polar surface area (TPSA) is 25.4 Å². The van der Waals surface area contributed by atoms with Gasteiger partial charge in [-0.2, -0.15) is 0 Å². The highest BCUT2D eigenvalue weighted by Crippen LogP contribution is 2.41. The van der Waals surface area contributed by atoms with Gasteiger partial charge in [-0.05, 0) is 24.3 Å². The SMILES string of the molecule is CC(C)c1ccnc2c1OC[C@@H]1C[C@H](C)CN21. The molecule has 3 heteroatoms. The molecule has 0 amide bonds. The first kappa shape index (κ1) is 10.9. The molecular formula is C14H20N2O. The van der Waals surface area contributed by atoms with Crippen molar-refractivity contribution in [1.82, 2.24) is 4.98 Å². The zero-order chi connectivity index (χ0) is 12.0. The van der Waals surface area contributed by atoms with Gasteiger partial charge in [0, 0.05) is 18.3 Å². The van der Waals surface area contributed by atoms with Crippen LogP contribution in [0, 0.1) is 5.92 Å². The number of hydrogen-bond donors (Lipinski definition) is 0. The predicted molar refractivity (Wildman–Crippen MR) is 68.7 cm³/mol. The van der Waals surface area contributed by atoms with Crippen LogP contribution in [0.4, 0.5) is 5.82 Å². The maximum Gasteiger partial charge on any atom is 0.172 e. The molecule has 2 aliphatic rings. The van der Waals surface area contributed by atoms with E-state index in [1.54, 1.807) is 0 Å². The van der Waals surface area contributed by atoms with Crippen LogP contribution in [-0.2, 0) is 0 Å². The minimum atomic E-state index is 0.489. The molecular weight excluding hydrogens is 212 g/mol. The molecule has 0 aromatic carbocycles. The van der Waals surface area contributed by atoms with Crippen LogP contribution in [0.5, 0.6) is 5.75 Å². The van der Waals surface area contributed by atoms with E-state index in [1.165, 1.54) is 12.0 Å². The standard InChI is InChI=1S/C14H20N2O/c1-9(2)12-4-5-15-14-13(12)17-8-11-6-10(3)7-16(11)14/h4-5,9-11H,6-8H2,1-3H3/t10-,11-/m0/s1. The molecule has 17 heavy (non-hydrogen) atoms. The van der Waals surface area contributed by atoms with Gasteiger partial charge in [0.15, 0.2) is 11.6 Å². The summed E-state index contributed by atoms with van der Waals surface area (Å²) in [7, 11) is 0. The van der Waals surface area contributed by atoms with Crippen LogP contribution in [0.1, 0.15) is 38.7 Å². The van der Waals surface area contributed by atoms with Crippen molar-refractivity contribution in [1.29, 1.82) is 0 Å². The van der Waals surface area contributed by atoms with Crippen molar-refractivity contribution in [2.45, 2.75) is 39.2 Å². The van der Waals surface area contributed by atoms with Crippen LogP contribution in [-0.4, -0.2) is 24.2 Å². The molecule has 1 aromatic heterocycles. The summed E-state index contributed by atoms with van der Waals surface area (Å²) in [4.78, 5) is 6.98. The average molecular weight is 232 g/mol. The highest BCUT2D eigenvalue weighted by atomic mass is 16.5. The normalized spacial score (nSPS) is 26.7. The van der Waals surface area contributed by atoms with Gasteiger partial charge in [-0.15, -0.1) is 0 Å². The average Bonchev–Trinajstić information content (AvgIpc) is 2.68. The Morgan fingerprint density at radius 2 is 2.29 bits per heavy atom. The Kier molecular flexibility index (Phi) is 2.49. The molecule has 0 saturated carbocycles. The summed E-state index contributed by atoms with van der Waals surface area (Å²) in [6.45, 7) is 8.66. The number of rotatable bonds is 1. The molecule has 2 aliphatic heterocycles. The Labute approximate surface area is 103 Å². The Balaban J connectivity index is 2.04. The van der Waals surface area contributed by atoms with Crippen molar-refractivity contribution in [3.05, 3.63) is 17.8 Å². The molecule has 1 fully saturated rings. The monoisotopic (exact) mass is 232 g/mol. The fourth-order valence-electron chi connectivity index (χ4n) is 3.01. The number of hydrogen-bond acceptors (Lipinski definition) is 3. The lowest BCUT2D eigenvalue weighted by atomic mass is 10.0. The minimum Gasteiger partial charge on any atom is -0.487 e. The van der Waals surface area contributed by atoms with Gasteiger partial charge in [-0.1, -0.05) is 20.8 Å². The van der Waals surface area contributed by atoms with E-state index < -0.39 is 0 Å². The summed E-state index contributed by atoms with van der Waals surface area (Å²) < 4.78 is 5.97. The van der Waals surface area contributed by atoms with Gasteiger partial charge < -0.3 is 9.64 Å². The van der Waals surface area contributed by atoms with Crippen LogP contribution >= 0.6 is 0 Å². The van der Waals surface area contributed by atoms with E-state index in [2.05, 4.69) is 36.7 Å². The van der Waals surface area contributed by atoms with Gasteiger partial charge >= 0.3 is 0 Å². The van der Waals surface area contributed by atoms with E-state index in [1.807, 2.05) is 6.20 Å². The number of ether oxygens (including phenoxy) is 1. The van der Waals surface area contributed by atoms with Crippen molar-refractivity contribution < 1.29 is 4.74 Å². The lowest BCUT2D eigenvalue weighted by Crippen LogP contribution is -2.39. The summed E-state index contributed by atoms with van der Waals surface area (Å²) in [5.74, 6) is 3.33. The molecule has 2 atom stereocenters. The van der Waals surface area contributed by atoms with Gasteiger partial charge in [0.2, 0.25) is 0 Å². The number of anilines is 1. The van der Waals surface area contributed by atoms with Gasteiger partial charge in [-0.3, -0.25) is 0 Å². The van der Waals surface area contributed by atoms with E-state index in [4.69, 9.17) is 4.74 Å². The number of pyridine rings is 1. The third-order valence-electron chi connectivity index (χ3n) is 3.85. The highest BCUT2D eigenvalue weighted by molar-refractivity contribution is 5.60. The van der Waals surface area contributed by atoms with Crippen LogP contribution < -0.4 is 9.64 Å². The third kappa shape index (κ3) is 1.68. The van der Waals surface area contributed by atoms with Gasteiger partial charge in [0.05, 0.1) is 6.04 Å². The molecule has 3 rings (SSSR count). The lowest BCUT2D eigenvalue weighted by molar-refractivity contribution is 0.264. The van der Waals surface area contributed by atoms with Crippen molar-refractivity contribution in [2.24, 2.45) is 5.92 Å². The molecule has 1 aromatic rings. The molecule has 1 saturated heterocycles. The molecule has 92 valence electrons. The number of fused-ring (bicyclic) bond motifs is 3. The summed E-state index contributed by atoms with van der Waals surface area (Å²) in [5, 5.41) is 0. The van der Waals surface area contributed by atoms with E-state index in [0.29, 0.717) is 12.0 Å². The smallest absolute Gasteiger partial charge is 0.172 e. The first-order valence-electron chi connectivity index (χ1n) is 6.55. The molecule has 0 unspecified atom stereocenters. The predicted octanol–water partition coefficient (Wildman–Crippen LogP) is 2.81. The van der Waals surface area contributed by atoms with Crippen LogP contribution in [0.15, 0.2) is 12.3 Å². The first-order chi connectivity index (χ1) is 8.16. The van der Waals surface area contributed by atoms with E-state index in [0.717, 1.165) is 30.6 Å². The third-order valence-corrected chi connectivity index (χ3v) is 3.85. The fourth-order valence-corrected chi connectivity index (χ4v) is 3.01. The number of nitrogens with zero attached hydrogens (tertiary/aromatic N) is 2. The van der Waals surface area contributed by atoms with E-state index >= 15 is 0 Å². The van der Waals surface area contributed by atoms with Gasteiger partial charge in [0.25, 0.3) is 0 Å². The van der Waals surface area contributed by atoms with E-state index in [-0.39, 0.29) is 0 Å².